The van der Waals surface area contributed by atoms with Gasteiger partial charge in [-0.2, -0.15) is 8.91 Å². The largest absolute Gasteiger partial charge is 0.748 e. The number of hydrogen-bond acceptors (Lipinski definition) is 14. The van der Waals surface area contributed by atoms with E-state index >= 15 is 0 Å². The van der Waals surface area contributed by atoms with Gasteiger partial charge in [-0.3, -0.25) is 5.04 Å². The summed E-state index contributed by atoms with van der Waals surface area (Å²) in [5.41, 5.74) is 5.76. The van der Waals surface area contributed by atoms with Gasteiger partial charge in [0.05, 0.1) is 42.6 Å². The molecule has 2 aromatic carbocycles. The van der Waals surface area contributed by atoms with Crippen LogP contribution in [0.3, 0.4) is 0 Å². The Morgan fingerprint density at radius 3 is 2.29 bits per heavy atom. The van der Waals surface area contributed by atoms with Crippen LogP contribution in [0.15, 0.2) is 81.3 Å². The molecule has 6 rings (SSSR count). The topological polar surface area (TPSA) is 219 Å². The molecule has 0 N–H and O–H groups in total. The number of nitrogens with zero attached hydrogens (tertiary/aromatic N) is 2. The van der Waals surface area contributed by atoms with Gasteiger partial charge in [0.25, 0.3) is 0 Å². The lowest BCUT2D eigenvalue weighted by Gasteiger charge is -2.27. The Labute approximate surface area is 301 Å². The number of anilines is 1. The molecule has 2 aliphatic heterocycles. The van der Waals surface area contributed by atoms with Crippen LogP contribution >= 0.6 is 12.0 Å². The van der Waals surface area contributed by atoms with E-state index in [1.807, 2.05) is 46.8 Å². The van der Waals surface area contributed by atoms with E-state index in [0.29, 0.717) is 35.4 Å². The Bertz CT molecular complexity index is 2230. The van der Waals surface area contributed by atoms with Gasteiger partial charge in [0, 0.05) is 63.4 Å². The minimum absolute atomic E-state index is 0.0463. The molecule has 14 nitrogen and oxygen atoms in total. The summed E-state index contributed by atoms with van der Waals surface area (Å²) in [6.07, 6.45) is 8.69. The number of fused-ring (bicyclic) bond motifs is 6. The molecule has 0 spiro atoms. The van der Waals surface area contributed by atoms with E-state index < -0.39 is 52.7 Å². The van der Waals surface area contributed by atoms with E-state index in [-0.39, 0.29) is 30.8 Å². The summed E-state index contributed by atoms with van der Waals surface area (Å²) in [5, 5.41) is 14.0. The fourth-order valence-electron chi connectivity index (χ4n) is 8.17. The molecule has 2 heterocycles. The molecule has 276 valence electrons. The van der Waals surface area contributed by atoms with Crippen molar-refractivity contribution in [1.82, 2.24) is 0 Å². The van der Waals surface area contributed by atoms with Crippen molar-refractivity contribution in [2.75, 3.05) is 29.5 Å². The molecule has 0 saturated heterocycles. The van der Waals surface area contributed by atoms with E-state index in [1.54, 1.807) is 12.1 Å². The molecule has 1 saturated carbocycles. The Balaban J connectivity index is 1.37. The van der Waals surface area contributed by atoms with E-state index in [9.17, 15) is 44.2 Å². The standard InChI is InChI=1S/C33H38N2O12S4/c1-32-14-12-22(30(32)34(16-4-18-49(37,38)39)28-10-8-24(20-26(28)32)48-47-46-36)6-3-7-23-13-15-33(2)27-21-25(51(43,44)45)9-11-29(27)35(31(23)33)17-5-19-50(40,41)42/h3,6-11,20-21H,4-5,12-19H2,1-2H3,(H3-,36,37,38,39,40,41,42,43,44,45)/p-3. The van der Waals surface area contributed by atoms with Gasteiger partial charge in [0.1, 0.15) is 16.7 Å². The quantitative estimate of drug-likeness (QED) is 0.0885. The zero-order valence-electron chi connectivity index (χ0n) is 27.7. The number of benzene rings is 2. The maximum atomic E-state index is 11.9. The molecule has 51 heavy (non-hydrogen) atoms. The molecular formula is C33H35N2O12S4-3. The first-order chi connectivity index (χ1) is 23.9. The highest BCUT2D eigenvalue weighted by atomic mass is 32.2. The Kier molecular flexibility index (Phi) is 10.2. The average Bonchev–Trinajstić information content (AvgIpc) is 3.70. The predicted octanol–water partition coefficient (Wildman–Crippen LogP) is 3.15. The predicted molar refractivity (Wildman–Crippen MR) is 182 cm³/mol. The van der Waals surface area contributed by atoms with E-state index in [4.69, 9.17) is 0 Å². The summed E-state index contributed by atoms with van der Waals surface area (Å²) in [4.78, 5) is 2.20. The lowest BCUT2D eigenvalue weighted by atomic mass is 9.81. The van der Waals surface area contributed by atoms with Crippen molar-refractivity contribution in [3.05, 3.63) is 82.6 Å². The first-order valence-electron chi connectivity index (χ1n) is 16.1. The Morgan fingerprint density at radius 1 is 0.902 bits per heavy atom. The van der Waals surface area contributed by atoms with Crippen LogP contribution < -0.4 is 10.2 Å². The van der Waals surface area contributed by atoms with Gasteiger partial charge >= 0.3 is 0 Å². The third kappa shape index (κ3) is 7.49. The SMILES string of the molecule is CC12CCC(/C=C/C=C3\CCC4(C)C3=[N+](CCCS(=O)(=O)[O-])c3ccc(SOO[O-])cc34)=C1N(CCCS(=O)(=O)[O-])c1ccc(S(=O)(=O)[O-])cc12. The summed E-state index contributed by atoms with van der Waals surface area (Å²) in [6.45, 7) is 4.53. The minimum atomic E-state index is -4.73. The summed E-state index contributed by atoms with van der Waals surface area (Å²) in [5.74, 6) is -1.08. The molecule has 18 heteroatoms. The van der Waals surface area contributed by atoms with Crippen LogP contribution in [0.5, 0.6) is 0 Å². The van der Waals surface area contributed by atoms with Crippen molar-refractivity contribution >= 4 is 59.5 Å². The summed E-state index contributed by atoms with van der Waals surface area (Å²) in [7, 11) is -13.6. The summed E-state index contributed by atoms with van der Waals surface area (Å²) in [6, 6.07) is 9.70. The average molecular weight is 780 g/mol. The first kappa shape index (κ1) is 37.8. The fraction of sp³-hybridized carbons (Fsp3) is 0.424. The van der Waals surface area contributed by atoms with Crippen LogP contribution in [0.2, 0.25) is 0 Å². The van der Waals surface area contributed by atoms with Gasteiger partial charge in [0.2, 0.25) is 5.69 Å². The van der Waals surface area contributed by atoms with Gasteiger partial charge < -0.3 is 23.8 Å². The van der Waals surface area contributed by atoms with Crippen LogP contribution in [0.4, 0.5) is 11.4 Å². The second-order valence-electron chi connectivity index (χ2n) is 13.5. The lowest BCUT2D eigenvalue weighted by molar-refractivity contribution is -0.777. The number of hydrogen-bond donors (Lipinski definition) is 0. The Morgan fingerprint density at radius 2 is 1.61 bits per heavy atom. The van der Waals surface area contributed by atoms with E-state index in [0.717, 1.165) is 52.3 Å². The second-order valence-corrected chi connectivity index (χ2v) is 18.7. The third-order valence-electron chi connectivity index (χ3n) is 10.3. The van der Waals surface area contributed by atoms with Crippen LogP contribution in [-0.2, 0) is 50.6 Å². The molecule has 2 unspecified atom stereocenters. The third-order valence-corrected chi connectivity index (χ3v) is 13.3. The van der Waals surface area contributed by atoms with Crippen LogP contribution in [0.1, 0.15) is 63.5 Å². The number of allylic oxidation sites excluding steroid dienone is 6. The highest BCUT2D eigenvalue weighted by Crippen LogP contribution is 2.57. The molecule has 2 aromatic rings. The molecule has 0 radical (unpaired) electrons. The molecular weight excluding hydrogens is 745 g/mol. The van der Waals surface area contributed by atoms with Gasteiger partial charge in [-0.1, -0.05) is 18.2 Å². The van der Waals surface area contributed by atoms with Crippen molar-refractivity contribution < 1.29 is 58.1 Å². The molecule has 1 fully saturated rings. The highest BCUT2D eigenvalue weighted by molar-refractivity contribution is 7.94. The van der Waals surface area contributed by atoms with Crippen molar-refractivity contribution in [3.8, 4) is 0 Å². The van der Waals surface area contributed by atoms with Crippen molar-refractivity contribution in [2.45, 2.75) is 73.0 Å². The maximum Gasteiger partial charge on any atom is 0.209 e. The zero-order valence-corrected chi connectivity index (χ0v) is 31.0. The molecule has 2 atom stereocenters. The van der Waals surface area contributed by atoms with E-state index in [2.05, 4.69) is 16.3 Å². The Hall–Kier alpha value is -2.91. The maximum absolute atomic E-state index is 11.9. The molecule has 0 amide bonds. The second kappa shape index (κ2) is 13.8. The van der Waals surface area contributed by atoms with Crippen LogP contribution in [0.25, 0.3) is 0 Å². The lowest BCUT2D eigenvalue weighted by Crippen LogP contribution is -2.28. The molecule has 0 aromatic heterocycles. The van der Waals surface area contributed by atoms with Gasteiger partial charge in [-0.15, -0.1) is 0 Å². The summed E-state index contributed by atoms with van der Waals surface area (Å²) >= 11 is 0.773. The van der Waals surface area contributed by atoms with Crippen molar-refractivity contribution in [1.29, 1.82) is 0 Å². The minimum Gasteiger partial charge on any atom is -0.748 e. The van der Waals surface area contributed by atoms with Crippen molar-refractivity contribution in [3.63, 3.8) is 0 Å². The molecule has 2 aliphatic carbocycles. The van der Waals surface area contributed by atoms with Gasteiger partial charge in [0.15, 0.2) is 5.71 Å². The monoisotopic (exact) mass is 779 g/mol. The van der Waals surface area contributed by atoms with Crippen LogP contribution in [0, 0.1) is 0 Å². The summed E-state index contributed by atoms with van der Waals surface area (Å²) < 4.78 is 111. The highest BCUT2D eigenvalue weighted by Gasteiger charge is 2.54. The molecule has 4 aliphatic rings. The van der Waals surface area contributed by atoms with Crippen molar-refractivity contribution in [2.24, 2.45) is 0 Å². The van der Waals surface area contributed by atoms with Gasteiger partial charge in [-0.25, -0.2) is 25.3 Å². The van der Waals surface area contributed by atoms with Gasteiger partial charge in [-0.05, 0) is 87.4 Å². The van der Waals surface area contributed by atoms with Crippen LogP contribution in [-0.4, -0.2) is 73.8 Å². The number of rotatable bonds is 14. The molecule has 0 bridgehead atoms. The first-order valence-corrected chi connectivity index (χ1v) is 21.5. The smallest absolute Gasteiger partial charge is 0.209 e. The zero-order chi connectivity index (χ0) is 37.0. The van der Waals surface area contributed by atoms with E-state index in [1.165, 1.54) is 12.1 Å². The normalized spacial score (nSPS) is 23.9. The fourth-order valence-corrected chi connectivity index (χ4v) is 10.0.